The second kappa shape index (κ2) is 11.7. The number of carbonyl (C=O) groups is 2. The summed E-state index contributed by atoms with van der Waals surface area (Å²) in [5.41, 5.74) is 1.37. The van der Waals surface area contributed by atoms with Crippen molar-refractivity contribution in [1.82, 2.24) is 15.1 Å². The molecule has 6 heteroatoms. The van der Waals surface area contributed by atoms with Gasteiger partial charge in [0.2, 0.25) is 5.91 Å². The molecule has 0 radical (unpaired) electrons. The average Bonchev–Trinajstić information content (AvgIpc) is 2.93. The number of amides is 2. The van der Waals surface area contributed by atoms with Gasteiger partial charge in [-0.3, -0.25) is 4.79 Å². The lowest BCUT2D eigenvalue weighted by atomic mass is 10.0. The minimum Gasteiger partial charge on any atom is -0.453 e. The summed E-state index contributed by atoms with van der Waals surface area (Å²) in [4.78, 5) is 29.0. The van der Waals surface area contributed by atoms with Crippen LogP contribution in [0.25, 0.3) is 0 Å². The van der Waals surface area contributed by atoms with Crippen LogP contribution in [0.3, 0.4) is 0 Å². The molecule has 1 saturated heterocycles. The van der Waals surface area contributed by atoms with Crippen LogP contribution in [0.4, 0.5) is 4.79 Å². The molecule has 1 aromatic carbocycles. The van der Waals surface area contributed by atoms with Crippen molar-refractivity contribution in [1.29, 1.82) is 0 Å². The van der Waals surface area contributed by atoms with Crippen LogP contribution >= 0.6 is 0 Å². The highest BCUT2D eigenvalue weighted by atomic mass is 16.5. The Labute approximate surface area is 169 Å². The van der Waals surface area contributed by atoms with E-state index in [0.29, 0.717) is 18.9 Å². The van der Waals surface area contributed by atoms with E-state index in [0.717, 1.165) is 45.4 Å². The summed E-state index contributed by atoms with van der Waals surface area (Å²) >= 11 is 0. The maximum absolute atomic E-state index is 13.0. The van der Waals surface area contributed by atoms with E-state index in [1.807, 2.05) is 11.0 Å². The SMILES string of the molecule is COC(=O)NC(CC(C)C)C(=O)N1CCCN(CCCc2ccccc2)CC1. The summed E-state index contributed by atoms with van der Waals surface area (Å²) in [5.74, 6) is 0.317. The van der Waals surface area contributed by atoms with Gasteiger partial charge < -0.3 is 19.9 Å². The molecule has 1 aliphatic heterocycles. The van der Waals surface area contributed by atoms with Crippen LogP contribution < -0.4 is 5.32 Å². The minimum absolute atomic E-state index is 0.00485. The number of alkyl carbamates (subject to hydrolysis) is 1. The van der Waals surface area contributed by atoms with Gasteiger partial charge in [0.25, 0.3) is 0 Å². The van der Waals surface area contributed by atoms with Gasteiger partial charge in [0.15, 0.2) is 0 Å². The lowest BCUT2D eigenvalue weighted by Gasteiger charge is -2.27. The van der Waals surface area contributed by atoms with Crippen LogP contribution in [0, 0.1) is 5.92 Å². The van der Waals surface area contributed by atoms with Crippen molar-refractivity contribution in [3.05, 3.63) is 35.9 Å². The molecule has 2 rings (SSSR count). The van der Waals surface area contributed by atoms with Crippen LogP contribution in [0.1, 0.15) is 38.7 Å². The zero-order valence-electron chi connectivity index (χ0n) is 17.5. The monoisotopic (exact) mass is 389 g/mol. The lowest BCUT2D eigenvalue weighted by Crippen LogP contribution is -2.50. The van der Waals surface area contributed by atoms with Crippen molar-refractivity contribution in [3.8, 4) is 0 Å². The fourth-order valence-corrected chi connectivity index (χ4v) is 3.68. The molecule has 1 unspecified atom stereocenters. The molecule has 0 spiro atoms. The van der Waals surface area contributed by atoms with E-state index < -0.39 is 12.1 Å². The van der Waals surface area contributed by atoms with Crippen LogP contribution in [-0.4, -0.2) is 67.7 Å². The van der Waals surface area contributed by atoms with Crippen LogP contribution in [0.5, 0.6) is 0 Å². The highest BCUT2D eigenvalue weighted by molar-refractivity contribution is 5.85. The maximum atomic E-state index is 13.0. The quantitative estimate of drug-likeness (QED) is 0.743. The molecule has 0 aliphatic carbocycles. The Bertz CT molecular complexity index is 606. The van der Waals surface area contributed by atoms with E-state index in [2.05, 4.69) is 48.3 Å². The van der Waals surface area contributed by atoms with Crippen LogP contribution in [0.15, 0.2) is 30.3 Å². The second-order valence-corrected chi connectivity index (χ2v) is 7.93. The number of rotatable bonds is 8. The summed E-state index contributed by atoms with van der Waals surface area (Å²) in [6.45, 7) is 8.50. The Kier molecular flexibility index (Phi) is 9.28. The van der Waals surface area contributed by atoms with Crippen LogP contribution in [-0.2, 0) is 16.0 Å². The van der Waals surface area contributed by atoms with E-state index >= 15 is 0 Å². The van der Waals surface area contributed by atoms with Gasteiger partial charge in [-0.15, -0.1) is 0 Å². The first-order valence-electron chi connectivity index (χ1n) is 10.4. The lowest BCUT2D eigenvalue weighted by molar-refractivity contribution is -0.133. The van der Waals surface area contributed by atoms with Gasteiger partial charge in [-0.05, 0) is 50.3 Å². The predicted molar refractivity (Wildman–Crippen MR) is 111 cm³/mol. The Hall–Kier alpha value is -2.08. The third-order valence-corrected chi connectivity index (χ3v) is 5.17. The number of aryl methyl sites for hydroxylation is 1. The topological polar surface area (TPSA) is 61.9 Å². The number of nitrogens with one attached hydrogen (secondary N) is 1. The van der Waals surface area contributed by atoms with Gasteiger partial charge in [0.1, 0.15) is 6.04 Å². The number of hydrogen-bond donors (Lipinski definition) is 1. The fraction of sp³-hybridized carbons (Fsp3) is 0.636. The number of hydrogen-bond acceptors (Lipinski definition) is 4. The van der Waals surface area contributed by atoms with Crippen molar-refractivity contribution in [2.45, 2.75) is 45.6 Å². The van der Waals surface area contributed by atoms with Crippen molar-refractivity contribution in [3.63, 3.8) is 0 Å². The number of carbonyl (C=O) groups excluding carboxylic acids is 2. The molecule has 0 aromatic heterocycles. The molecule has 1 N–H and O–H groups in total. The molecular weight excluding hydrogens is 354 g/mol. The minimum atomic E-state index is -0.545. The Balaban J connectivity index is 1.83. The van der Waals surface area contributed by atoms with Crippen molar-refractivity contribution in [2.75, 3.05) is 39.8 Å². The van der Waals surface area contributed by atoms with Gasteiger partial charge in [0.05, 0.1) is 7.11 Å². The zero-order chi connectivity index (χ0) is 20.4. The molecule has 28 heavy (non-hydrogen) atoms. The molecular formula is C22H35N3O3. The number of methoxy groups -OCH3 is 1. The molecule has 6 nitrogen and oxygen atoms in total. The first-order valence-corrected chi connectivity index (χ1v) is 10.4. The Morgan fingerprint density at radius 2 is 1.86 bits per heavy atom. The smallest absolute Gasteiger partial charge is 0.407 e. The van der Waals surface area contributed by atoms with E-state index in [1.165, 1.54) is 12.7 Å². The second-order valence-electron chi connectivity index (χ2n) is 7.93. The van der Waals surface area contributed by atoms with Gasteiger partial charge in [-0.2, -0.15) is 0 Å². The van der Waals surface area contributed by atoms with E-state index in [-0.39, 0.29) is 5.91 Å². The Morgan fingerprint density at radius 3 is 2.54 bits per heavy atom. The first-order chi connectivity index (χ1) is 13.5. The van der Waals surface area contributed by atoms with E-state index in [1.54, 1.807) is 0 Å². The number of nitrogens with zero attached hydrogens (tertiary/aromatic N) is 2. The predicted octanol–water partition coefficient (Wildman–Crippen LogP) is 2.92. The summed E-state index contributed by atoms with van der Waals surface area (Å²) < 4.78 is 4.69. The molecule has 2 amide bonds. The Morgan fingerprint density at radius 1 is 1.11 bits per heavy atom. The summed E-state index contributed by atoms with van der Waals surface area (Å²) in [6, 6.07) is 10.0. The highest BCUT2D eigenvalue weighted by Crippen LogP contribution is 2.12. The highest BCUT2D eigenvalue weighted by Gasteiger charge is 2.28. The summed E-state index contributed by atoms with van der Waals surface area (Å²) in [6.07, 6.45) is 3.24. The van der Waals surface area contributed by atoms with Gasteiger partial charge in [-0.1, -0.05) is 44.2 Å². The third-order valence-electron chi connectivity index (χ3n) is 5.17. The molecule has 1 fully saturated rings. The molecule has 156 valence electrons. The van der Waals surface area contributed by atoms with Crippen molar-refractivity contribution < 1.29 is 14.3 Å². The molecule has 0 bridgehead atoms. The van der Waals surface area contributed by atoms with Gasteiger partial charge in [-0.25, -0.2) is 4.79 Å². The fourth-order valence-electron chi connectivity index (χ4n) is 3.68. The van der Waals surface area contributed by atoms with Gasteiger partial charge >= 0.3 is 6.09 Å². The van der Waals surface area contributed by atoms with E-state index in [9.17, 15) is 9.59 Å². The van der Waals surface area contributed by atoms with Crippen molar-refractivity contribution >= 4 is 12.0 Å². The van der Waals surface area contributed by atoms with Crippen molar-refractivity contribution in [2.24, 2.45) is 5.92 Å². The summed E-state index contributed by atoms with van der Waals surface area (Å²) in [5, 5.41) is 2.71. The normalized spacial score (nSPS) is 16.5. The third kappa shape index (κ3) is 7.50. The molecule has 0 saturated carbocycles. The molecule has 1 aliphatic rings. The number of ether oxygens (including phenoxy) is 1. The largest absolute Gasteiger partial charge is 0.453 e. The van der Waals surface area contributed by atoms with E-state index in [4.69, 9.17) is 4.74 Å². The average molecular weight is 390 g/mol. The van der Waals surface area contributed by atoms with Gasteiger partial charge in [0, 0.05) is 19.6 Å². The molecule has 1 heterocycles. The molecule has 1 atom stereocenters. The standard InChI is InChI=1S/C22H35N3O3/c1-18(2)17-20(23-22(27)28-3)21(26)25-14-8-13-24(15-16-25)12-7-11-19-9-5-4-6-10-19/h4-6,9-10,18,20H,7-8,11-17H2,1-3H3,(H,23,27). The van der Waals surface area contributed by atoms with Crippen LogP contribution in [0.2, 0.25) is 0 Å². The number of benzene rings is 1. The molecule has 1 aromatic rings. The maximum Gasteiger partial charge on any atom is 0.407 e. The first kappa shape index (κ1) is 22.2. The zero-order valence-corrected chi connectivity index (χ0v) is 17.5. The summed E-state index contributed by atoms with van der Waals surface area (Å²) in [7, 11) is 1.32.